The van der Waals surface area contributed by atoms with E-state index in [0.29, 0.717) is 26.3 Å². The predicted molar refractivity (Wildman–Crippen MR) is 97.6 cm³/mol. The number of nitrogens with one attached hydrogen (secondary N) is 1. The first-order valence-corrected chi connectivity index (χ1v) is 8.72. The second-order valence-corrected chi connectivity index (χ2v) is 7.02. The third-order valence-corrected chi connectivity index (χ3v) is 4.58. The second-order valence-electron chi connectivity index (χ2n) is 7.02. The van der Waals surface area contributed by atoms with Gasteiger partial charge in [-0.25, -0.2) is 0 Å². The van der Waals surface area contributed by atoms with Crippen LogP contribution in [0.4, 0.5) is 5.69 Å². The fraction of sp³-hybridized carbons (Fsp3) is 0.474. The van der Waals surface area contributed by atoms with Crippen molar-refractivity contribution in [3.8, 4) is 0 Å². The number of aromatic nitrogens is 2. The Labute approximate surface area is 148 Å². The number of morpholine rings is 1. The molecule has 1 fully saturated rings. The third-order valence-electron chi connectivity index (χ3n) is 4.58. The van der Waals surface area contributed by atoms with E-state index in [4.69, 9.17) is 4.74 Å². The summed E-state index contributed by atoms with van der Waals surface area (Å²) in [6.07, 6.45) is 3.66. The van der Waals surface area contributed by atoms with Crippen LogP contribution in [0.15, 0.2) is 42.7 Å². The van der Waals surface area contributed by atoms with E-state index >= 15 is 0 Å². The van der Waals surface area contributed by atoms with Crippen LogP contribution in [0.25, 0.3) is 0 Å². The first kappa shape index (κ1) is 17.5. The molecule has 1 saturated heterocycles. The zero-order valence-electron chi connectivity index (χ0n) is 14.9. The van der Waals surface area contributed by atoms with Crippen molar-refractivity contribution in [3.05, 3.63) is 48.3 Å². The SMILES string of the molecule is CC(C)(CNc1cnn(CC(=O)N2CCOCC2)c1)c1ccccc1. The molecule has 1 aliphatic heterocycles. The van der Waals surface area contributed by atoms with Crippen molar-refractivity contribution >= 4 is 11.6 Å². The fourth-order valence-electron chi connectivity index (χ4n) is 2.91. The standard InChI is InChI=1S/C19H26N4O2/c1-19(2,16-6-4-3-5-7-16)15-20-17-12-21-23(13-17)14-18(24)22-8-10-25-11-9-22/h3-7,12-13,20H,8-11,14-15H2,1-2H3. The van der Waals surface area contributed by atoms with Gasteiger partial charge in [0.1, 0.15) is 6.54 Å². The quantitative estimate of drug-likeness (QED) is 0.874. The lowest BCUT2D eigenvalue weighted by atomic mass is 9.84. The summed E-state index contributed by atoms with van der Waals surface area (Å²) in [5, 5.41) is 7.73. The molecule has 3 rings (SSSR count). The maximum Gasteiger partial charge on any atom is 0.244 e. The normalized spacial score (nSPS) is 15.2. The number of carbonyl (C=O) groups is 1. The average molecular weight is 342 g/mol. The van der Waals surface area contributed by atoms with Gasteiger partial charge in [0.05, 0.1) is 25.1 Å². The van der Waals surface area contributed by atoms with Crippen molar-refractivity contribution in [1.82, 2.24) is 14.7 Å². The Balaban J connectivity index is 1.54. The van der Waals surface area contributed by atoms with Crippen LogP contribution in [0.5, 0.6) is 0 Å². The van der Waals surface area contributed by atoms with Crippen molar-refractivity contribution in [2.24, 2.45) is 0 Å². The molecule has 1 amide bonds. The van der Waals surface area contributed by atoms with E-state index in [1.807, 2.05) is 17.2 Å². The molecule has 134 valence electrons. The highest BCUT2D eigenvalue weighted by molar-refractivity contribution is 5.76. The van der Waals surface area contributed by atoms with Crippen LogP contribution in [-0.4, -0.2) is 53.4 Å². The van der Waals surface area contributed by atoms with Gasteiger partial charge in [0, 0.05) is 31.2 Å². The van der Waals surface area contributed by atoms with Crippen LogP contribution in [0.1, 0.15) is 19.4 Å². The minimum atomic E-state index is 0.00693. The van der Waals surface area contributed by atoms with Gasteiger partial charge < -0.3 is 15.0 Å². The second kappa shape index (κ2) is 7.70. The summed E-state index contributed by atoms with van der Waals surface area (Å²) in [6, 6.07) is 10.4. The van der Waals surface area contributed by atoms with Crippen molar-refractivity contribution in [2.75, 3.05) is 38.2 Å². The largest absolute Gasteiger partial charge is 0.382 e. The van der Waals surface area contributed by atoms with E-state index in [0.717, 1.165) is 12.2 Å². The monoisotopic (exact) mass is 342 g/mol. The maximum absolute atomic E-state index is 12.3. The minimum absolute atomic E-state index is 0.00693. The molecule has 2 heterocycles. The lowest BCUT2D eigenvalue weighted by Gasteiger charge is -2.26. The predicted octanol–water partition coefficient (Wildman–Crippen LogP) is 2.13. The lowest BCUT2D eigenvalue weighted by molar-refractivity contribution is -0.136. The summed E-state index contributed by atoms with van der Waals surface area (Å²) in [4.78, 5) is 14.1. The molecule has 0 radical (unpaired) electrons. The van der Waals surface area contributed by atoms with E-state index in [1.54, 1.807) is 10.9 Å². The van der Waals surface area contributed by atoms with Crippen LogP contribution in [0, 0.1) is 0 Å². The maximum atomic E-state index is 12.3. The highest BCUT2D eigenvalue weighted by Crippen LogP contribution is 2.23. The Hall–Kier alpha value is -2.34. The summed E-state index contributed by atoms with van der Waals surface area (Å²) < 4.78 is 6.97. The van der Waals surface area contributed by atoms with Gasteiger partial charge in [-0.2, -0.15) is 5.10 Å². The molecule has 1 N–H and O–H groups in total. The van der Waals surface area contributed by atoms with Crippen molar-refractivity contribution in [1.29, 1.82) is 0 Å². The molecule has 1 aliphatic rings. The Morgan fingerprint density at radius 2 is 1.96 bits per heavy atom. The molecule has 0 saturated carbocycles. The molecule has 0 atom stereocenters. The Kier molecular flexibility index (Phi) is 5.38. The van der Waals surface area contributed by atoms with Gasteiger partial charge in [0.15, 0.2) is 0 Å². The number of anilines is 1. The number of hydrogen-bond acceptors (Lipinski definition) is 4. The summed E-state index contributed by atoms with van der Waals surface area (Å²) in [6.45, 7) is 8.04. The van der Waals surface area contributed by atoms with Gasteiger partial charge in [-0.1, -0.05) is 44.2 Å². The molecule has 25 heavy (non-hydrogen) atoms. The lowest BCUT2D eigenvalue weighted by Crippen LogP contribution is -2.42. The zero-order valence-corrected chi connectivity index (χ0v) is 14.9. The number of nitrogens with zero attached hydrogens (tertiary/aromatic N) is 3. The smallest absolute Gasteiger partial charge is 0.244 e. The Morgan fingerprint density at radius 1 is 1.24 bits per heavy atom. The highest BCUT2D eigenvalue weighted by Gasteiger charge is 2.21. The summed E-state index contributed by atoms with van der Waals surface area (Å²) in [5.74, 6) is 0.0857. The molecule has 0 unspecified atom stereocenters. The third kappa shape index (κ3) is 4.60. The molecule has 0 bridgehead atoms. The molecule has 0 spiro atoms. The van der Waals surface area contributed by atoms with E-state index in [9.17, 15) is 4.79 Å². The van der Waals surface area contributed by atoms with Gasteiger partial charge in [-0.3, -0.25) is 9.48 Å². The van der Waals surface area contributed by atoms with Crippen LogP contribution in [0.2, 0.25) is 0 Å². The number of carbonyl (C=O) groups excluding carboxylic acids is 1. The zero-order chi connectivity index (χ0) is 17.7. The van der Waals surface area contributed by atoms with E-state index in [1.165, 1.54) is 5.56 Å². The van der Waals surface area contributed by atoms with E-state index in [-0.39, 0.29) is 17.9 Å². The number of rotatable bonds is 6. The molecular formula is C19H26N4O2. The summed E-state index contributed by atoms with van der Waals surface area (Å²) >= 11 is 0. The van der Waals surface area contributed by atoms with Gasteiger partial charge in [0.25, 0.3) is 0 Å². The summed E-state index contributed by atoms with van der Waals surface area (Å²) in [7, 11) is 0. The molecule has 0 aliphatic carbocycles. The summed E-state index contributed by atoms with van der Waals surface area (Å²) in [5.41, 5.74) is 2.23. The molecular weight excluding hydrogens is 316 g/mol. The van der Waals surface area contributed by atoms with Crippen LogP contribution in [-0.2, 0) is 21.5 Å². The van der Waals surface area contributed by atoms with Crippen molar-refractivity contribution in [2.45, 2.75) is 25.8 Å². The number of hydrogen-bond donors (Lipinski definition) is 1. The minimum Gasteiger partial charge on any atom is -0.382 e. The molecule has 2 aromatic rings. The van der Waals surface area contributed by atoms with E-state index < -0.39 is 0 Å². The molecule has 6 nitrogen and oxygen atoms in total. The van der Waals surface area contributed by atoms with Crippen LogP contribution < -0.4 is 5.32 Å². The molecule has 1 aromatic heterocycles. The molecule has 6 heteroatoms. The van der Waals surface area contributed by atoms with E-state index in [2.05, 4.69) is 48.5 Å². The van der Waals surface area contributed by atoms with Crippen LogP contribution in [0.3, 0.4) is 0 Å². The first-order valence-electron chi connectivity index (χ1n) is 8.72. The fourth-order valence-corrected chi connectivity index (χ4v) is 2.91. The topological polar surface area (TPSA) is 59.4 Å². The molecule has 1 aromatic carbocycles. The Morgan fingerprint density at radius 3 is 2.68 bits per heavy atom. The van der Waals surface area contributed by atoms with Crippen molar-refractivity contribution < 1.29 is 9.53 Å². The van der Waals surface area contributed by atoms with Gasteiger partial charge in [-0.05, 0) is 5.56 Å². The number of amides is 1. The number of ether oxygens (including phenoxy) is 1. The van der Waals surface area contributed by atoms with Crippen LogP contribution >= 0.6 is 0 Å². The van der Waals surface area contributed by atoms with Crippen molar-refractivity contribution in [3.63, 3.8) is 0 Å². The van der Waals surface area contributed by atoms with Gasteiger partial charge in [-0.15, -0.1) is 0 Å². The Bertz CT molecular complexity index is 690. The highest BCUT2D eigenvalue weighted by atomic mass is 16.5. The van der Waals surface area contributed by atoms with Gasteiger partial charge in [0.2, 0.25) is 5.91 Å². The first-order chi connectivity index (χ1) is 12.0. The average Bonchev–Trinajstić information content (AvgIpc) is 3.09. The van der Waals surface area contributed by atoms with Gasteiger partial charge >= 0.3 is 0 Å². The number of benzene rings is 1.